The molecule has 7 heteroatoms. The van der Waals surface area contributed by atoms with Crippen LogP contribution in [0.15, 0.2) is 65.7 Å². The first-order chi connectivity index (χ1) is 16.0. The number of aliphatic imine (C=N–C) groups is 1. The van der Waals surface area contributed by atoms with Crippen LogP contribution in [-0.4, -0.2) is 54.0 Å². The van der Waals surface area contributed by atoms with Crippen molar-refractivity contribution in [2.45, 2.75) is 6.54 Å². The molecule has 0 bridgehead atoms. The maximum atomic E-state index is 14.8. The molecule has 5 rings (SSSR count). The van der Waals surface area contributed by atoms with E-state index in [2.05, 4.69) is 22.0 Å². The molecule has 3 aromatic rings. The van der Waals surface area contributed by atoms with Crippen LogP contribution in [0.4, 0.5) is 4.39 Å². The summed E-state index contributed by atoms with van der Waals surface area (Å²) in [5.41, 5.74) is 3.75. The molecule has 0 N–H and O–H groups in total. The van der Waals surface area contributed by atoms with Gasteiger partial charge >= 0.3 is 0 Å². The lowest BCUT2D eigenvalue weighted by Crippen LogP contribution is -2.48. The Hall–Kier alpha value is -3.35. The van der Waals surface area contributed by atoms with Crippen LogP contribution in [0.3, 0.4) is 0 Å². The second kappa shape index (κ2) is 8.89. The van der Waals surface area contributed by atoms with Crippen molar-refractivity contribution >= 4 is 29.6 Å². The zero-order chi connectivity index (χ0) is 22.9. The van der Waals surface area contributed by atoms with E-state index in [9.17, 15) is 14.0 Å². The summed E-state index contributed by atoms with van der Waals surface area (Å²) < 4.78 is 14.8. The number of halogens is 2. The summed E-state index contributed by atoms with van der Waals surface area (Å²) in [6.45, 7) is 3.14. The molecular formula is C26H21ClFN3O2. The quantitative estimate of drug-likeness (QED) is 0.567. The van der Waals surface area contributed by atoms with Crippen molar-refractivity contribution in [2.75, 3.05) is 26.2 Å². The topological polar surface area (TPSA) is 53.0 Å². The molecule has 0 spiro atoms. The van der Waals surface area contributed by atoms with Gasteiger partial charge in [0.25, 0.3) is 11.8 Å². The van der Waals surface area contributed by atoms with Gasteiger partial charge < -0.3 is 4.90 Å². The SMILES string of the molecule is O=C1N=Cc2c1ccc(C(=O)N1CCN(Cc3ccccc3-c3ccc(Cl)cc3)CC1)c2F. The number of piperazine rings is 1. The molecule has 166 valence electrons. The van der Waals surface area contributed by atoms with Crippen molar-refractivity contribution in [1.82, 2.24) is 9.80 Å². The highest BCUT2D eigenvalue weighted by atomic mass is 35.5. The van der Waals surface area contributed by atoms with E-state index in [0.29, 0.717) is 31.2 Å². The minimum absolute atomic E-state index is 0.0172. The molecular weight excluding hydrogens is 441 g/mol. The first kappa shape index (κ1) is 21.5. The lowest BCUT2D eigenvalue weighted by Gasteiger charge is -2.35. The van der Waals surface area contributed by atoms with Crippen LogP contribution in [0, 0.1) is 5.82 Å². The van der Waals surface area contributed by atoms with E-state index >= 15 is 0 Å². The molecule has 2 aliphatic rings. The van der Waals surface area contributed by atoms with Gasteiger partial charge in [0.2, 0.25) is 0 Å². The summed E-state index contributed by atoms with van der Waals surface area (Å²) in [7, 11) is 0. The van der Waals surface area contributed by atoms with Crippen molar-refractivity contribution in [3.8, 4) is 11.1 Å². The van der Waals surface area contributed by atoms with Crippen molar-refractivity contribution in [3.05, 3.63) is 93.8 Å². The second-order valence-corrected chi connectivity index (χ2v) is 8.62. The van der Waals surface area contributed by atoms with E-state index in [1.807, 2.05) is 36.4 Å². The molecule has 0 unspecified atom stereocenters. The van der Waals surface area contributed by atoms with Crippen LogP contribution in [0.1, 0.15) is 31.8 Å². The fourth-order valence-corrected chi connectivity index (χ4v) is 4.48. The molecule has 0 saturated carbocycles. The summed E-state index contributed by atoms with van der Waals surface area (Å²) in [5.74, 6) is -1.51. The molecule has 0 aromatic heterocycles. The van der Waals surface area contributed by atoms with E-state index < -0.39 is 11.7 Å². The van der Waals surface area contributed by atoms with Crippen LogP contribution < -0.4 is 0 Å². The lowest BCUT2D eigenvalue weighted by atomic mass is 9.99. The number of hydrogen-bond donors (Lipinski definition) is 0. The number of carbonyl (C=O) groups is 2. The second-order valence-electron chi connectivity index (χ2n) is 8.18. The van der Waals surface area contributed by atoms with Crippen molar-refractivity contribution in [3.63, 3.8) is 0 Å². The highest BCUT2D eigenvalue weighted by molar-refractivity contribution is 6.30. The van der Waals surface area contributed by atoms with Crippen molar-refractivity contribution in [2.24, 2.45) is 4.99 Å². The van der Waals surface area contributed by atoms with Gasteiger partial charge in [-0.3, -0.25) is 14.5 Å². The van der Waals surface area contributed by atoms with E-state index in [1.54, 1.807) is 4.90 Å². The Morgan fingerprint density at radius 2 is 1.67 bits per heavy atom. The molecule has 0 atom stereocenters. The number of nitrogens with zero attached hydrogens (tertiary/aromatic N) is 3. The molecule has 2 heterocycles. The summed E-state index contributed by atoms with van der Waals surface area (Å²) in [6, 6.07) is 18.9. The van der Waals surface area contributed by atoms with Gasteiger partial charge in [-0.05, 0) is 41.0 Å². The highest BCUT2D eigenvalue weighted by Crippen LogP contribution is 2.27. The maximum Gasteiger partial charge on any atom is 0.277 e. The van der Waals surface area contributed by atoms with Crippen LogP contribution in [0.25, 0.3) is 11.1 Å². The number of carbonyl (C=O) groups excluding carboxylic acids is 2. The van der Waals surface area contributed by atoms with Gasteiger partial charge in [0.1, 0.15) is 5.82 Å². The predicted octanol–water partition coefficient (Wildman–Crippen LogP) is 4.68. The summed E-state index contributed by atoms with van der Waals surface area (Å²) in [5, 5.41) is 0.704. The van der Waals surface area contributed by atoms with Crippen molar-refractivity contribution in [1.29, 1.82) is 0 Å². The number of rotatable bonds is 4. The Balaban J connectivity index is 1.26. The van der Waals surface area contributed by atoms with Gasteiger partial charge in [0.05, 0.1) is 11.1 Å². The predicted molar refractivity (Wildman–Crippen MR) is 126 cm³/mol. The monoisotopic (exact) mass is 461 g/mol. The van der Waals surface area contributed by atoms with Crippen LogP contribution in [-0.2, 0) is 6.54 Å². The van der Waals surface area contributed by atoms with Crippen LogP contribution in [0.2, 0.25) is 5.02 Å². The minimum Gasteiger partial charge on any atom is -0.336 e. The van der Waals surface area contributed by atoms with Gasteiger partial charge in [-0.1, -0.05) is 48.0 Å². The Morgan fingerprint density at radius 1 is 0.939 bits per heavy atom. The summed E-state index contributed by atoms with van der Waals surface area (Å²) in [4.78, 5) is 32.2. The molecule has 0 aliphatic carbocycles. The first-order valence-electron chi connectivity index (χ1n) is 10.8. The smallest absolute Gasteiger partial charge is 0.277 e. The average Bonchev–Trinajstić information content (AvgIpc) is 3.22. The average molecular weight is 462 g/mol. The Bertz CT molecular complexity index is 1270. The molecule has 3 aromatic carbocycles. The van der Waals surface area contributed by atoms with E-state index in [4.69, 9.17) is 11.6 Å². The summed E-state index contributed by atoms with van der Waals surface area (Å²) in [6.07, 6.45) is 1.19. The molecule has 2 aliphatic heterocycles. The Kier molecular flexibility index (Phi) is 5.79. The molecule has 5 nitrogen and oxygen atoms in total. The molecule has 0 radical (unpaired) electrons. The first-order valence-corrected chi connectivity index (χ1v) is 11.2. The van der Waals surface area contributed by atoms with Crippen LogP contribution >= 0.6 is 11.6 Å². The summed E-state index contributed by atoms with van der Waals surface area (Å²) >= 11 is 6.04. The zero-order valence-electron chi connectivity index (χ0n) is 17.8. The fraction of sp³-hybridized carbons (Fsp3) is 0.192. The van der Waals surface area contributed by atoms with Crippen LogP contribution in [0.5, 0.6) is 0 Å². The highest BCUT2D eigenvalue weighted by Gasteiger charge is 2.28. The maximum absolute atomic E-state index is 14.8. The number of hydrogen-bond acceptors (Lipinski definition) is 3. The number of benzene rings is 3. The lowest BCUT2D eigenvalue weighted by molar-refractivity contribution is 0.0623. The third-order valence-electron chi connectivity index (χ3n) is 6.18. The van der Waals surface area contributed by atoms with Gasteiger partial charge in [-0.15, -0.1) is 0 Å². The van der Waals surface area contributed by atoms with Gasteiger partial charge in [0.15, 0.2) is 0 Å². The largest absolute Gasteiger partial charge is 0.336 e. The minimum atomic E-state index is -0.675. The van der Waals surface area contributed by atoms with E-state index in [0.717, 1.165) is 17.7 Å². The molecule has 1 fully saturated rings. The fourth-order valence-electron chi connectivity index (χ4n) is 4.35. The van der Waals surface area contributed by atoms with Gasteiger partial charge in [-0.2, -0.15) is 0 Å². The number of fused-ring (bicyclic) bond motifs is 1. The van der Waals surface area contributed by atoms with Gasteiger partial charge in [0, 0.05) is 49.5 Å². The molecule has 33 heavy (non-hydrogen) atoms. The standard InChI is InChI=1S/C26H21ClFN3O2/c27-19-7-5-17(6-8-19)20-4-2-1-3-18(20)16-30-11-13-31(14-12-30)26(33)22-10-9-21-23(24(22)28)15-29-25(21)32/h1-10,15H,11-14,16H2. The third kappa shape index (κ3) is 4.19. The van der Waals surface area contributed by atoms with E-state index in [-0.39, 0.29) is 22.6 Å². The number of amides is 2. The molecule has 2 amide bonds. The Labute approximate surface area is 196 Å². The van der Waals surface area contributed by atoms with Gasteiger partial charge in [-0.25, -0.2) is 9.38 Å². The third-order valence-corrected chi connectivity index (χ3v) is 6.43. The zero-order valence-corrected chi connectivity index (χ0v) is 18.6. The Morgan fingerprint density at radius 3 is 2.42 bits per heavy atom. The van der Waals surface area contributed by atoms with Crippen molar-refractivity contribution < 1.29 is 14.0 Å². The molecule has 1 saturated heterocycles. The van der Waals surface area contributed by atoms with E-state index in [1.165, 1.54) is 23.9 Å². The normalized spacial score (nSPS) is 15.7.